The van der Waals surface area contributed by atoms with E-state index in [0.29, 0.717) is 11.3 Å². The van der Waals surface area contributed by atoms with Crippen LogP contribution in [0.1, 0.15) is 45.1 Å². The highest BCUT2D eigenvalue weighted by atomic mass is 32.1. The summed E-state index contributed by atoms with van der Waals surface area (Å²) in [6, 6.07) is 11.8. The minimum absolute atomic E-state index is 0.0219. The van der Waals surface area contributed by atoms with Crippen molar-refractivity contribution in [2.24, 2.45) is 0 Å². The third kappa shape index (κ3) is 4.87. The van der Waals surface area contributed by atoms with Crippen LogP contribution in [0.15, 0.2) is 41.8 Å². The van der Waals surface area contributed by atoms with E-state index < -0.39 is 0 Å². The average molecular weight is 417 g/mol. The molecular weight excluding hydrogens is 392 g/mol. The summed E-state index contributed by atoms with van der Waals surface area (Å²) < 4.78 is 5.57. The van der Waals surface area contributed by atoms with Crippen LogP contribution in [-0.2, 0) is 4.79 Å². The van der Waals surface area contributed by atoms with Crippen molar-refractivity contribution >= 4 is 22.9 Å². The Morgan fingerprint density at radius 2 is 1.67 bits per heavy atom. The zero-order chi connectivity index (χ0) is 21.8. The molecule has 0 saturated carbocycles. The van der Waals surface area contributed by atoms with Gasteiger partial charge >= 0.3 is 0 Å². The van der Waals surface area contributed by atoms with Gasteiger partial charge in [-0.1, -0.05) is 18.1 Å². The van der Waals surface area contributed by atoms with Gasteiger partial charge in [0.2, 0.25) is 5.78 Å². The number of aryl methyl sites for hydroxylation is 4. The Morgan fingerprint density at radius 1 is 0.967 bits per heavy atom. The number of rotatable bonds is 5. The zero-order valence-electron chi connectivity index (χ0n) is 17.9. The number of thiophene rings is 1. The summed E-state index contributed by atoms with van der Waals surface area (Å²) in [5.74, 6) is 6.21. The van der Waals surface area contributed by atoms with Crippen molar-refractivity contribution in [2.45, 2.75) is 34.6 Å². The fraction of sp³-hybridized carbons (Fsp3) is 0.231. The van der Waals surface area contributed by atoms with Gasteiger partial charge in [0.05, 0.1) is 0 Å². The molecule has 0 bridgehead atoms. The maximum Gasteiger partial charge on any atom is 0.236 e. The molecule has 152 valence electrons. The number of hydrogen-bond acceptors (Lipinski definition) is 4. The molecule has 0 saturated heterocycles. The van der Waals surface area contributed by atoms with Gasteiger partial charge in [0, 0.05) is 16.0 Å². The predicted octanol–water partition coefficient (Wildman–Crippen LogP) is 5.85. The Bertz CT molecular complexity index is 1150. The van der Waals surface area contributed by atoms with E-state index in [4.69, 9.17) is 4.74 Å². The molecule has 0 atom stereocenters. The normalized spacial score (nSPS) is 10.3. The first-order valence-corrected chi connectivity index (χ1v) is 10.6. The van der Waals surface area contributed by atoms with E-state index in [2.05, 4.69) is 42.3 Å². The number of carbonyl (C=O) groups is 2. The van der Waals surface area contributed by atoms with Crippen LogP contribution in [0.25, 0.3) is 10.4 Å². The van der Waals surface area contributed by atoms with Crippen molar-refractivity contribution < 1.29 is 14.3 Å². The van der Waals surface area contributed by atoms with E-state index in [0.717, 1.165) is 27.8 Å². The lowest BCUT2D eigenvalue weighted by molar-refractivity contribution is -0.118. The van der Waals surface area contributed by atoms with Gasteiger partial charge in [0.15, 0.2) is 5.78 Å². The molecular formula is C26H24O3S. The second-order valence-electron chi connectivity index (χ2n) is 7.47. The van der Waals surface area contributed by atoms with Gasteiger partial charge in [0.1, 0.15) is 12.4 Å². The third-order valence-corrected chi connectivity index (χ3v) is 5.71. The molecule has 0 aliphatic rings. The quantitative estimate of drug-likeness (QED) is 0.387. The first-order valence-electron chi connectivity index (χ1n) is 9.71. The molecule has 3 nitrogen and oxygen atoms in total. The minimum atomic E-state index is -0.239. The van der Waals surface area contributed by atoms with Crippen LogP contribution in [0.2, 0.25) is 0 Å². The van der Waals surface area contributed by atoms with Crippen molar-refractivity contribution in [1.82, 2.24) is 0 Å². The van der Waals surface area contributed by atoms with Gasteiger partial charge < -0.3 is 4.74 Å². The Hall–Kier alpha value is -3.16. The van der Waals surface area contributed by atoms with Crippen LogP contribution in [0.5, 0.6) is 5.75 Å². The Kier molecular flexibility index (Phi) is 6.54. The van der Waals surface area contributed by atoms with Crippen LogP contribution in [0.3, 0.4) is 0 Å². The number of carbonyl (C=O) groups excluding carboxylic acids is 2. The molecule has 0 radical (unpaired) electrons. The molecule has 3 aromatic rings. The third-order valence-electron chi connectivity index (χ3n) is 4.81. The molecule has 1 aromatic heterocycles. The van der Waals surface area contributed by atoms with Gasteiger partial charge in [-0.25, -0.2) is 0 Å². The van der Waals surface area contributed by atoms with Crippen molar-refractivity contribution in [1.29, 1.82) is 0 Å². The summed E-state index contributed by atoms with van der Waals surface area (Å²) in [4.78, 5) is 25.1. The zero-order valence-corrected chi connectivity index (χ0v) is 18.7. The fourth-order valence-corrected chi connectivity index (χ4v) is 4.17. The maximum atomic E-state index is 12.7. The number of ether oxygens (including phenoxy) is 1. The first kappa shape index (κ1) is 21.5. The lowest BCUT2D eigenvalue weighted by atomic mass is 9.98. The van der Waals surface area contributed by atoms with Gasteiger partial charge in [0.25, 0.3) is 0 Å². The van der Waals surface area contributed by atoms with E-state index in [1.54, 1.807) is 23.5 Å². The molecule has 0 spiro atoms. The Morgan fingerprint density at radius 3 is 2.27 bits per heavy atom. The molecule has 0 aliphatic carbocycles. The predicted molar refractivity (Wildman–Crippen MR) is 123 cm³/mol. The summed E-state index contributed by atoms with van der Waals surface area (Å²) in [7, 11) is 0. The summed E-state index contributed by atoms with van der Waals surface area (Å²) >= 11 is 1.69. The van der Waals surface area contributed by atoms with E-state index in [1.165, 1.54) is 17.4 Å². The van der Waals surface area contributed by atoms with Crippen LogP contribution in [0, 0.1) is 39.5 Å². The lowest BCUT2D eigenvalue weighted by Gasteiger charge is -2.12. The summed E-state index contributed by atoms with van der Waals surface area (Å²) in [6.07, 6.45) is 0. The summed E-state index contributed by atoms with van der Waals surface area (Å²) in [6.45, 7) is 9.33. The standard InChI is InChI=1S/C26H24O3S/c1-16-11-17(2)23(25-7-6-10-30-25)14-21(16)8-9-24(28)22-12-18(3)26(19(4)13-22)29-15-20(5)27/h6-7,10-14H,15H2,1-5H3. The largest absolute Gasteiger partial charge is 0.485 e. The van der Waals surface area contributed by atoms with E-state index in [-0.39, 0.29) is 18.2 Å². The monoisotopic (exact) mass is 416 g/mol. The Balaban J connectivity index is 1.89. The number of ketones is 2. The molecule has 2 aromatic carbocycles. The highest BCUT2D eigenvalue weighted by Crippen LogP contribution is 2.30. The average Bonchev–Trinajstić information content (AvgIpc) is 3.20. The molecule has 0 fully saturated rings. The maximum absolute atomic E-state index is 12.7. The van der Waals surface area contributed by atoms with Gasteiger partial charge in [-0.2, -0.15) is 0 Å². The van der Waals surface area contributed by atoms with Crippen molar-refractivity contribution in [3.8, 4) is 28.0 Å². The molecule has 1 heterocycles. The number of benzene rings is 2. The topological polar surface area (TPSA) is 43.4 Å². The highest BCUT2D eigenvalue weighted by molar-refractivity contribution is 7.13. The van der Waals surface area contributed by atoms with Crippen LogP contribution in [0.4, 0.5) is 0 Å². The van der Waals surface area contributed by atoms with Crippen LogP contribution < -0.4 is 4.74 Å². The van der Waals surface area contributed by atoms with E-state index in [9.17, 15) is 9.59 Å². The smallest absolute Gasteiger partial charge is 0.236 e. The van der Waals surface area contributed by atoms with E-state index in [1.807, 2.05) is 26.8 Å². The molecule has 0 N–H and O–H groups in total. The van der Waals surface area contributed by atoms with Gasteiger partial charge in [-0.15, -0.1) is 11.3 Å². The highest BCUT2D eigenvalue weighted by Gasteiger charge is 2.12. The van der Waals surface area contributed by atoms with Crippen LogP contribution >= 0.6 is 11.3 Å². The van der Waals surface area contributed by atoms with Gasteiger partial charge in [-0.05, 0) is 98.0 Å². The molecule has 3 rings (SSSR count). The molecule has 4 heteroatoms. The van der Waals surface area contributed by atoms with E-state index >= 15 is 0 Å². The first-order chi connectivity index (χ1) is 14.3. The summed E-state index contributed by atoms with van der Waals surface area (Å²) in [5.41, 5.74) is 6.39. The number of Topliss-reactive ketones (excluding diaryl/α,β-unsaturated/α-hetero) is 2. The minimum Gasteiger partial charge on any atom is -0.485 e. The molecule has 0 unspecified atom stereocenters. The lowest BCUT2D eigenvalue weighted by Crippen LogP contribution is -2.09. The molecule has 0 aliphatic heterocycles. The second kappa shape index (κ2) is 9.11. The Labute approximate surface area is 181 Å². The van der Waals surface area contributed by atoms with Crippen molar-refractivity contribution in [2.75, 3.05) is 6.61 Å². The van der Waals surface area contributed by atoms with Crippen molar-refractivity contribution in [3.63, 3.8) is 0 Å². The summed E-state index contributed by atoms with van der Waals surface area (Å²) in [5, 5.41) is 2.05. The molecule has 0 amide bonds. The SMILES string of the molecule is CC(=O)COc1c(C)cc(C(=O)C#Cc2cc(-c3cccs3)c(C)cc2C)cc1C. The second-order valence-corrected chi connectivity index (χ2v) is 8.42. The number of hydrogen-bond donors (Lipinski definition) is 0. The van der Waals surface area contributed by atoms with Gasteiger partial charge in [-0.3, -0.25) is 9.59 Å². The van der Waals surface area contributed by atoms with Crippen LogP contribution in [-0.4, -0.2) is 18.2 Å². The van der Waals surface area contributed by atoms with Crippen molar-refractivity contribution in [3.05, 3.63) is 75.2 Å². The fourth-order valence-electron chi connectivity index (χ4n) is 3.36. The molecule has 30 heavy (non-hydrogen) atoms.